The molecule has 6 heteroatoms. The van der Waals surface area contributed by atoms with Crippen LogP contribution in [0.3, 0.4) is 0 Å². The van der Waals surface area contributed by atoms with Crippen LogP contribution in [0, 0.1) is 6.92 Å². The van der Waals surface area contributed by atoms with Crippen molar-refractivity contribution in [3.05, 3.63) is 35.7 Å². The Bertz CT molecular complexity index is 662. The number of aliphatic carboxylic acids is 1. The van der Waals surface area contributed by atoms with E-state index in [-0.39, 0.29) is 6.54 Å². The fraction of sp³-hybridized carbons (Fsp3) is 0.400. The lowest BCUT2D eigenvalue weighted by atomic mass is 9.77. The number of nitrogens with one attached hydrogen (secondary N) is 1. The van der Waals surface area contributed by atoms with Gasteiger partial charge in [-0.3, -0.25) is 10.1 Å². The summed E-state index contributed by atoms with van der Waals surface area (Å²) < 4.78 is 5.20. The number of rotatable bonds is 5. The summed E-state index contributed by atoms with van der Waals surface area (Å²) >= 11 is 0. The maximum absolute atomic E-state index is 11.3. The van der Waals surface area contributed by atoms with Gasteiger partial charge in [0, 0.05) is 5.56 Å². The molecule has 1 aromatic carbocycles. The van der Waals surface area contributed by atoms with Gasteiger partial charge in [-0.2, -0.15) is 4.98 Å². The highest BCUT2D eigenvalue weighted by molar-refractivity contribution is 5.79. The average Bonchev–Trinajstić information content (AvgIpc) is 2.86. The Hall–Kier alpha value is -2.21. The van der Waals surface area contributed by atoms with E-state index < -0.39 is 11.5 Å². The first kappa shape index (κ1) is 13.8. The monoisotopic (exact) mass is 287 g/mol. The molecule has 1 aliphatic rings. The van der Waals surface area contributed by atoms with Gasteiger partial charge in [0.05, 0.1) is 6.54 Å². The quantitative estimate of drug-likeness (QED) is 0.876. The number of carbonyl (C=O) groups is 1. The summed E-state index contributed by atoms with van der Waals surface area (Å²) in [4.78, 5) is 15.6. The summed E-state index contributed by atoms with van der Waals surface area (Å²) in [5, 5.41) is 16.2. The molecule has 0 radical (unpaired) electrons. The summed E-state index contributed by atoms with van der Waals surface area (Å²) in [5.74, 6) is 0.121. The first-order valence-corrected chi connectivity index (χ1v) is 6.98. The Morgan fingerprint density at radius 1 is 1.43 bits per heavy atom. The van der Waals surface area contributed by atoms with Crippen molar-refractivity contribution >= 4 is 5.97 Å². The number of hydrogen-bond donors (Lipinski definition) is 2. The molecule has 1 aromatic heterocycles. The van der Waals surface area contributed by atoms with Crippen LogP contribution in [-0.4, -0.2) is 26.8 Å². The number of aryl methyl sites for hydroxylation is 1. The van der Waals surface area contributed by atoms with Crippen molar-refractivity contribution in [1.82, 2.24) is 15.5 Å². The van der Waals surface area contributed by atoms with Crippen LogP contribution in [0.15, 0.2) is 28.8 Å². The normalized spacial score (nSPS) is 16.4. The number of aromatic nitrogens is 2. The molecule has 1 aliphatic carbocycles. The molecule has 0 bridgehead atoms. The molecule has 0 amide bonds. The van der Waals surface area contributed by atoms with Crippen molar-refractivity contribution < 1.29 is 14.4 Å². The van der Waals surface area contributed by atoms with Crippen LogP contribution in [0.25, 0.3) is 11.4 Å². The molecule has 21 heavy (non-hydrogen) atoms. The van der Waals surface area contributed by atoms with Crippen LogP contribution >= 0.6 is 0 Å². The highest BCUT2D eigenvalue weighted by Crippen LogP contribution is 2.32. The van der Waals surface area contributed by atoms with Gasteiger partial charge in [-0.15, -0.1) is 0 Å². The van der Waals surface area contributed by atoms with Gasteiger partial charge in [-0.1, -0.05) is 29.4 Å². The molecule has 2 N–H and O–H groups in total. The molecule has 1 heterocycles. The third kappa shape index (κ3) is 2.54. The standard InChI is InChI=1S/C15H17N3O3/c1-10-5-2-3-6-11(10)13-17-12(21-18-13)9-16-15(14(19)20)7-4-8-15/h2-3,5-6,16H,4,7-9H2,1H3,(H,19,20). The number of benzene rings is 1. The van der Waals surface area contributed by atoms with Crippen LogP contribution in [0.2, 0.25) is 0 Å². The molecule has 110 valence electrons. The van der Waals surface area contributed by atoms with Crippen molar-refractivity contribution in [3.8, 4) is 11.4 Å². The van der Waals surface area contributed by atoms with Crippen LogP contribution in [0.1, 0.15) is 30.7 Å². The van der Waals surface area contributed by atoms with Crippen molar-refractivity contribution in [2.45, 2.75) is 38.3 Å². The predicted molar refractivity (Wildman–Crippen MR) is 75.5 cm³/mol. The second kappa shape index (κ2) is 5.29. The minimum atomic E-state index is -0.822. The van der Waals surface area contributed by atoms with Crippen molar-refractivity contribution in [2.75, 3.05) is 0 Å². The maximum atomic E-state index is 11.3. The van der Waals surface area contributed by atoms with E-state index in [2.05, 4.69) is 15.5 Å². The van der Waals surface area contributed by atoms with Gasteiger partial charge in [-0.05, 0) is 31.7 Å². The Kier molecular flexibility index (Phi) is 3.47. The number of nitrogens with zero attached hydrogens (tertiary/aromatic N) is 2. The van der Waals surface area contributed by atoms with Crippen molar-refractivity contribution in [1.29, 1.82) is 0 Å². The smallest absolute Gasteiger partial charge is 0.323 e. The molecular formula is C15H17N3O3. The van der Waals surface area contributed by atoms with E-state index in [1.54, 1.807) is 0 Å². The summed E-state index contributed by atoms with van der Waals surface area (Å²) in [5.41, 5.74) is 1.17. The predicted octanol–water partition coefficient (Wildman–Crippen LogP) is 2.14. The first-order valence-electron chi connectivity index (χ1n) is 6.98. The highest BCUT2D eigenvalue weighted by atomic mass is 16.5. The molecule has 0 aliphatic heterocycles. The fourth-order valence-corrected chi connectivity index (χ4v) is 2.50. The highest BCUT2D eigenvalue weighted by Gasteiger charge is 2.44. The minimum Gasteiger partial charge on any atom is -0.480 e. The molecular weight excluding hydrogens is 270 g/mol. The molecule has 0 spiro atoms. The minimum absolute atomic E-state index is 0.269. The Balaban J connectivity index is 1.71. The van der Waals surface area contributed by atoms with E-state index in [0.29, 0.717) is 24.6 Å². The largest absolute Gasteiger partial charge is 0.480 e. The average molecular weight is 287 g/mol. The van der Waals surface area contributed by atoms with E-state index in [9.17, 15) is 9.90 Å². The number of carboxylic acid groups (broad SMARTS) is 1. The van der Waals surface area contributed by atoms with Gasteiger partial charge in [-0.25, -0.2) is 0 Å². The van der Waals surface area contributed by atoms with Gasteiger partial charge in [0.2, 0.25) is 11.7 Å². The molecule has 6 nitrogen and oxygen atoms in total. The lowest BCUT2D eigenvalue weighted by Crippen LogP contribution is -2.56. The third-order valence-corrected chi connectivity index (χ3v) is 4.05. The van der Waals surface area contributed by atoms with E-state index in [4.69, 9.17) is 4.52 Å². The molecule has 2 aromatic rings. The summed E-state index contributed by atoms with van der Waals surface area (Å²) in [6.45, 7) is 2.25. The lowest BCUT2D eigenvalue weighted by Gasteiger charge is -2.38. The molecule has 0 saturated heterocycles. The van der Waals surface area contributed by atoms with Gasteiger partial charge >= 0.3 is 5.97 Å². The molecule has 0 atom stereocenters. The molecule has 3 rings (SSSR count). The van der Waals surface area contributed by atoms with E-state index >= 15 is 0 Å². The Morgan fingerprint density at radius 2 is 2.19 bits per heavy atom. The van der Waals surface area contributed by atoms with Gasteiger partial charge in [0.15, 0.2) is 0 Å². The van der Waals surface area contributed by atoms with Gasteiger partial charge in [0.1, 0.15) is 5.54 Å². The molecule has 1 saturated carbocycles. The number of carboxylic acids is 1. The van der Waals surface area contributed by atoms with Gasteiger partial charge < -0.3 is 9.63 Å². The van der Waals surface area contributed by atoms with Crippen molar-refractivity contribution in [3.63, 3.8) is 0 Å². The molecule has 0 unspecified atom stereocenters. The van der Waals surface area contributed by atoms with Crippen LogP contribution < -0.4 is 5.32 Å². The summed E-state index contributed by atoms with van der Waals surface area (Å²) in [6, 6.07) is 7.79. The lowest BCUT2D eigenvalue weighted by molar-refractivity contribution is -0.149. The summed E-state index contributed by atoms with van der Waals surface area (Å²) in [7, 11) is 0. The SMILES string of the molecule is Cc1ccccc1-c1noc(CNC2(C(=O)O)CCC2)n1. The second-order valence-electron chi connectivity index (χ2n) is 5.42. The zero-order valence-corrected chi connectivity index (χ0v) is 11.8. The van der Waals surface area contributed by atoms with Crippen molar-refractivity contribution in [2.24, 2.45) is 0 Å². The van der Waals surface area contributed by atoms with E-state index in [1.165, 1.54) is 0 Å². The van der Waals surface area contributed by atoms with Crippen LogP contribution in [0.5, 0.6) is 0 Å². The van der Waals surface area contributed by atoms with E-state index in [0.717, 1.165) is 17.5 Å². The zero-order valence-electron chi connectivity index (χ0n) is 11.8. The maximum Gasteiger partial charge on any atom is 0.323 e. The third-order valence-electron chi connectivity index (χ3n) is 4.05. The Morgan fingerprint density at radius 3 is 2.81 bits per heavy atom. The van der Waals surface area contributed by atoms with E-state index in [1.807, 2.05) is 31.2 Å². The topological polar surface area (TPSA) is 88.2 Å². The second-order valence-corrected chi connectivity index (χ2v) is 5.42. The number of hydrogen-bond acceptors (Lipinski definition) is 5. The molecule has 1 fully saturated rings. The van der Waals surface area contributed by atoms with Crippen LogP contribution in [-0.2, 0) is 11.3 Å². The fourth-order valence-electron chi connectivity index (χ4n) is 2.50. The Labute approximate surface area is 122 Å². The van der Waals surface area contributed by atoms with Crippen LogP contribution in [0.4, 0.5) is 0 Å². The summed E-state index contributed by atoms with van der Waals surface area (Å²) in [6.07, 6.45) is 2.21. The first-order chi connectivity index (χ1) is 10.1. The van der Waals surface area contributed by atoms with Gasteiger partial charge in [0.25, 0.3) is 0 Å². The zero-order chi connectivity index (χ0) is 14.9.